The van der Waals surface area contributed by atoms with Crippen LogP contribution in [0.5, 0.6) is 5.75 Å². The van der Waals surface area contributed by atoms with Crippen LogP contribution in [0.1, 0.15) is 19.8 Å². The molecule has 0 aliphatic carbocycles. The Bertz CT molecular complexity index is 440. The van der Waals surface area contributed by atoms with Crippen LogP contribution in [0.25, 0.3) is 0 Å². The second kappa shape index (κ2) is 8.50. The molecule has 0 aliphatic heterocycles. The van der Waals surface area contributed by atoms with Gasteiger partial charge in [-0.15, -0.1) is 0 Å². The van der Waals surface area contributed by atoms with Crippen LogP contribution in [0.3, 0.4) is 0 Å². The van der Waals surface area contributed by atoms with Crippen molar-refractivity contribution < 1.29 is 18.7 Å². The van der Waals surface area contributed by atoms with Crippen molar-refractivity contribution in [2.24, 2.45) is 5.73 Å². The van der Waals surface area contributed by atoms with Gasteiger partial charge in [0.1, 0.15) is 6.61 Å². The molecule has 0 bridgehead atoms. The predicted molar refractivity (Wildman–Crippen MR) is 75.3 cm³/mol. The van der Waals surface area contributed by atoms with E-state index in [9.17, 15) is 9.18 Å². The minimum Gasteiger partial charge on any atom is -0.488 e. The van der Waals surface area contributed by atoms with E-state index in [2.05, 4.69) is 5.32 Å². The Kier molecular flexibility index (Phi) is 6.97. The fourth-order valence-corrected chi connectivity index (χ4v) is 1.61. The van der Waals surface area contributed by atoms with Crippen molar-refractivity contribution in [1.82, 2.24) is 0 Å². The number of carbonyl (C=O) groups is 1. The summed E-state index contributed by atoms with van der Waals surface area (Å²) < 4.78 is 23.7. The number of halogens is 1. The molecule has 1 aromatic rings. The lowest BCUT2D eigenvalue weighted by molar-refractivity contribution is -0.117. The molecule has 20 heavy (non-hydrogen) atoms. The number of hydrogen-bond acceptors (Lipinski definition) is 4. The van der Waals surface area contributed by atoms with Crippen LogP contribution < -0.4 is 15.8 Å². The molecule has 0 aliphatic rings. The molecule has 1 aromatic carbocycles. The van der Waals surface area contributed by atoms with Crippen LogP contribution >= 0.6 is 0 Å². The van der Waals surface area contributed by atoms with Crippen molar-refractivity contribution in [3.05, 3.63) is 24.0 Å². The maximum atomic E-state index is 13.7. The lowest BCUT2D eigenvalue weighted by Crippen LogP contribution is -2.35. The number of hydrogen-bond donors (Lipinski definition) is 2. The SMILES string of the molecule is CCCC(N)C(=O)Nc1ccc(OCCOC)c(F)c1. The number of anilines is 1. The summed E-state index contributed by atoms with van der Waals surface area (Å²) in [4.78, 5) is 11.7. The van der Waals surface area contributed by atoms with Crippen LogP contribution in [0.2, 0.25) is 0 Å². The fraction of sp³-hybridized carbons (Fsp3) is 0.500. The Hall–Kier alpha value is -1.66. The number of carbonyl (C=O) groups excluding carboxylic acids is 1. The fourth-order valence-electron chi connectivity index (χ4n) is 1.61. The maximum absolute atomic E-state index is 13.7. The summed E-state index contributed by atoms with van der Waals surface area (Å²) in [6.07, 6.45) is 1.40. The minimum atomic E-state index is -0.583. The zero-order chi connectivity index (χ0) is 15.0. The molecule has 0 heterocycles. The van der Waals surface area contributed by atoms with Crippen LogP contribution in [0.15, 0.2) is 18.2 Å². The van der Waals surface area contributed by atoms with Gasteiger partial charge < -0.3 is 20.5 Å². The lowest BCUT2D eigenvalue weighted by Gasteiger charge is -2.12. The molecule has 0 saturated carbocycles. The molecule has 6 heteroatoms. The molecular formula is C14H21FN2O3. The van der Waals surface area contributed by atoms with Crippen molar-refractivity contribution >= 4 is 11.6 Å². The first kappa shape index (κ1) is 16.4. The monoisotopic (exact) mass is 284 g/mol. The number of nitrogens with one attached hydrogen (secondary N) is 1. The summed E-state index contributed by atoms with van der Waals surface area (Å²) in [5.41, 5.74) is 6.04. The number of benzene rings is 1. The van der Waals surface area contributed by atoms with Crippen molar-refractivity contribution in [3.8, 4) is 5.75 Å². The van der Waals surface area contributed by atoms with Gasteiger partial charge in [-0.1, -0.05) is 13.3 Å². The Labute approximate surface area is 118 Å². The summed E-state index contributed by atoms with van der Waals surface area (Å²) in [5.74, 6) is -0.736. The topological polar surface area (TPSA) is 73.6 Å². The van der Waals surface area contributed by atoms with E-state index in [0.717, 1.165) is 6.42 Å². The predicted octanol–water partition coefficient (Wildman–Crippen LogP) is 1.92. The number of nitrogens with two attached hydrogens (primary N) is 1. The first-order valence-corrected chi connectivity index (χ1v) is 6.56. The quantitative estimate of drug-likeness (QED) is 0.715. The molecule has 1 unspecified atom stereocenters. The van der Waals surface area contributed by atoms with Crippen LogP contribution in [-0.4, -0.2) is 32.3 Å². The molecular weight excluding hydrogens is 263 g/mol. The zero-order valence-corrected chi connectivity index (χ0v) is 11.8. The first-order chi connectivity index (χ1) is 9.58. The average molecular weight is 284 g/mol. The third-order valence-electron chi connectivity index (χ3n) is 2.68. The van der Waals surface area contributed by atoms with Crippen molar-refractivity contribution in [1.29, 1.82) is 0 Å². The largest absolute Gasteiger partial charge is 0.488 e. The Balaban J connectivity index is 2.60. The second-order valence-corrected chi connectivity index (χ2v) is 4.37. The van der Waals surface area contributed by atoms with E-state index in [1.807, 2.05) is 6.92 Å². The molecule has 0 aromatic heterocycles. The minimum absolute atomic E-state index is 0.123. The van der Waals surface area contributed by atoms with Crippen LogP contribution in [0, 0.1) is 5.82 Å². The third kappa shape index (κ3) is 5.14. The molecule has 1 rings (SSSR count). The Morgan fingerprint density at radius 1 is 1.45 bits per heavy atom. The smallest absolute Gasteiger partial charge is 0.241 e. The highest BCUT2D eigenvalue weighted by molar-refractivity contribution is 5.94. The van der Waals surface area contributed by atoms with E-state index in [1.165, 1.54) is 19.2 Å². The summed E-state index contributed by atoms with van der Waals surface area (Å²) in [7, 11) is 1.54. The van der Waals surface area contributed by atoms with Crippen LogP contribution in [-0.2, 0) is 9.53 Å². The van der Waals surface area contributed by atoms with Gasteiger partial charge in [-0.3, -0.25) is 4.79 Å². The lowest BCUT2D eigenvalue weighted by atomic mass is 10.1. The van der Waals surface area contributed by atoms with Gasteiger partial charge in [0.2, 0.25) is 5.91 Å². The molecule has 0 saturated heterocycles. The van der Waals surface area contributed by atoms with Gasteiger partial charge in [0, 0.05) is 18.9 Å². The number of ether oxygens (including phenoxy) is 2. The molecule has 112 valence electrons. The highest BCUT2D eigenvalue weighted by Crippen LogP contribution is 2.21. The molecule has 1 atom stereocenters. The highest BCUT2D eigenvalue weighted by atomic mass is 19.1. The van der Waals surface area contributed by atoms with Crippen molar-refractivity contribution in [3.63, 3.8) is 0 Å². The van der Waals surface area contributed by atoms with E-state index in [1.54, 1.807) is 6.07 Å². The van der Waals surface area contributed by atoms with Gasteiger partial charge in [0.15, 0.2) is 11.6 Å². The molecule has 0 radical (unpaired) electrons. The van der Waals surface area contributed by atoms with E-state index in [0.29, 0.717) is 18.7 Å². The number of methoxy groups -OCH3 is 1. The average Bonchev–Trinajstić information content (AvgIpc) is 2.41. The van der Waals surface area contributed by atoms with Gasteiger partial charge in [0.05, 0.1) is 12.6 Å². The summed E-state index contributed by atoms with van der Waals surface area (Å²) >= 11 is 0. The molecule has 1 amide bonds. The van der Waals surface area contributed by atoms with E-state index in [4.69, 9.17) is 15.2 Å². The molecule has 0 spiro atoms. The number of rotatable bonds is 8. The highest BCUT2D eigenvalue weighted by Gasteiger charge is 2.13. The number of amides is 1. The maximum Gasteiger partial charge on any atom is 0.241 e. The molecule has 5 nitrogen and oxygen atoms in total. The molecule has 0 fully saturated rings. The second-order valence-electron chi connectivity index (χ2n) is 4.37. The van der Waals surface area contributed by atoms with Gasteiger partial charge >= 0.3 is 0 Å². The van der Waals surface area contributed by atoms with Gasteiger partial charge in [-0.2, -0.15) is 0 Å². The summed E-state index contributed by atoms with van der Waals surface area (Å²) in [5, 5.41) is 2.58. The van der Waals surface area contributed by atoms with Gasteiger partial charge in [-0.05, 0) is 18.6 Å². The Morgan fingerprint density at radius 2 is 2.20 bits per heavy atom. The summed E-state index contributed by atoms with van der Waals surface area (Å²) in [6.45, 7) is 2.59. The zero-order valence-electron chi connectivity index (χ0n) is 11.8. The summed E-state index contributed by atoms with van der Waals surface area (Å²) in [6, 6.07) is 3.66. The van der Waals surface area contributed by atoms with E-state index < -0.39 is 11.9 Å². The van der Waals surface area contributed by atoms with E-state index in [-0.39, 0.29) is 18.3 Å². The van der Waals surface area contributed by atoms with Crippen LogP contribution in [0.4, 0.5) is 10.1 Å². The first-order valence-electron chi connectivity index (χ1n) is 6.56. The van der Waals surface area contributed by atoms with Crippen molar-refractivity contribution in [2.45, 2.75) is 25.8 Å². The molecule has 3 N–H and O–H groups in total. The normalized spacial score (nSPS) is 12.0. The van der Waals surface area contributed by atoms with Crippen molar-refractivity contribution in [2.75, 3.05) is 25.6 Å². The third-order valence-corrected chi connectivity index (χ3v) is 2.68. The van der Waals surface area contributed by atoms with Gasteiger partial charge in [0.25, 0.3) is 0 Å². The standard InChI is InChI=1S/C14H21FN2O3/c1-3-4-12(16)14(18)17-10-5-6-13(11(15)9-10)20-8-7-19-2/h5-6,9,12H,3-4,7-8,16H2,1-2H3,(H,17,18). The van der Waals surface area contributed by atoms with Gasteiger partial charge in [-0.25, -0.2) is 4.39 Å². The van der Waals surface area contributed by atoms with E-state index >= 15 is 0 Å². The Morgan fingerprint density at radius 3 is 2.80 bits per heavy atom.